The largest absolute Gasteiger partial charge is 0.378 e. The maximum absolute atomic E-state index is 11.6. The Morgan fingerprint density at radius 1 is 1.50 bits per heavy atom. The Hall–Kier alpha value is -2.45. The van der Waals surface area contributed by atoms with Gasteiger partial charge in [0.2, 0.25) is 17.5 Å². The van der Waals surface area contributed by atoms with Gasteiger partial charge in [-0.15, -0.1) is 0 Å². The van der Waals surface area contributed by atoms with Gasteiger partial charge in [-0.25, -0.2) is 9.97 Å². The maximum atomic E-state index is 11.6. The van der Waals surface area contributed by atoms with E-state index < -0.39 is 4.92 Å². The van der Waals surface area contributed by atoms with Crippen LogP contribution in [0.15, 0.2) is 6.33 Å². The van der Waals surface area contributed by atoms with Crippen LogP contribution in [0.1, 0.15) is 12.8 Å². The number of piperidine rings is 1. The van der Waals surface area contributed by atoms with E-state index in [-0.39, 0.29) is 29.1 Å². The lowest BCUT2D eigenvalue weighted by atomic mass is 9.96. The fourth-order valence-electron chi connectivity index (χ4n) is 2.35. The zero-order chi connectivity index (χ0) is 14.7. The second-order valence-electron chi connectivity index (χ2n) is 4.56. The number of carbonyl (C=O) groups excluding carboxylic acids is 1. The minimum Gasteiger partial charge on any atom is -0.378 e. The summed E-state index contributed by atoms with van der Waals surface area (Å²) in [7, 11) is 1.60. The molecule has 0 unspecified atom stereocenters. The molecule has 1 aromatic rings. The molecule has 1 saturated heterocycles. The first-order valence-electron chi connectivity index (χ1n) is 6.26. The normalized spacial score (nSPS) is 15.9. The summed E-state index contributed by atoms with van der Waals surface area (Å²) in [4.78, 5) is 31.4. The highest BCUT2D eigenvalue weighted by molar-refractivity contribution is 5.78. The molecule has 20 heavy (non-hydrogen) atoms. The summed E-state index contributed by atoms with van der Waals surface area (Å²) in [6, 6.07) is 0. The molecule has 1 aliphatic heterocycles. The Morgan fingerprint density at radius 3 is 2.70 bits per heavy atom. The van der Waals surface area contributed by atoms with Gasteiger partial charge in [-0.3, -0.25) is 14.9 Å². The predicted octanol–water partition coefficient (Wildman–Crippen LogP) is -0.0706. The summed E-state index contributed by atoms with van der Waals surface area (Å²) in [5.74, 6) is 0.0159. The van der Waals surface area contributed by atoms with Gasteiger partial charge in [-0.1, -0.05) is 0 Å². The van der Waals surface area contributed by atoms with E-state index in [9.17, 15) is 14.9 Å². The van der Waals surface area contributed by atoms with Gasteiger partial charge in [0.05, 0.1) is 4.92 Å². The second kappa shape index (κ2) is 5.68. The minimum absolute atomic E-state index is 0.00125. The molecule has 0 radical (unpaired) electrons. The highest BCUT2D eigenvalue weighted by Crippen LogP contribution is 2.32. The Bertz CT molecular complexity index is 527. The zero-order valence-corrected chi connectivity index (χ0v) is 11.1. The van der Waals surface area contributed by atoms with Gasteiger partial charge in [0.25, 0.3) is 0 Å². The molecule has 2 rings (SSSR count). The first-order valence-corrected chi connectivity index (χ1v) is 6.26. The Morgan fingerprint density at radius 2 is 2.15 bits per heavy atom. The molecule has 1 aromatic heterocycles. The Kier molecular flexibility index (Phi) is 3.97. The van der Waals surface area contributed by atoms with Crippen molar-refractivity contribution in [3.8, 4) is 0 Å². The second-order valence-corrected chi connectivity index (χ2v) is 4.56. The molecule has 9 nitrogen and oxygen atoms in total. The summed E-state index contributed by atoms with van der Waals surface area (Å²) >= 11 is 0. The van der Waals surface area contributed by atoms with E-state index in [2.05, 4.69) is 15.3 Å². The van der Waals surface area contributed by atoms with E-state index in [4.69, 9.17) is 5.73 Å². The van der Waals surface area contributed by atoms with Crippen molar-refractivity contribution in [1.29, 1.82) is 0 Å². The highest BCUT2D eigenvalue weighted by Gasteiger charge is 2.30. The average molecular weight is 280 g/mol. The quantitative estimate of drug-likeness (QED) is 0.586. The van der Waals surface area contributed by atoms with Gasteiger partial charge in [-0.2, -0.15) is 0 Å². The molecule has 1 fully saturated rings. The number of amides is 1. The molecule has 0 atom stereocenters. The Balaban J connectivity index is 2.17. The number of nitro groups is 1. The van der Waals surface area contributed by atoms with E-state index in [1.807, 2.05) is 0 Å². The lowest BCUT2D eigenvalue weighted by Crippen LogP contribution is -2.40. The zero-order valence-electron chi connectivity index (χ0n) is 11.1. The summed E-state index contributed by atoms with van der Waals surface area (Å²) in [5, 5.41) is 13.7. The average Bonchev–Trinajstić information content (AvgIpc) is 2.46. The predicted molar refractivity (Wildman–Crippen MR) is 72.1 cm³/mol. The molecule has 1 aliphatic rings. The molecule has 0 aromatic carbocycles. The van der Waals surface area contributed by atoms with Crippen molar-refractivity contribution in [2.45, 2.75) is 12.8 Å². The molecule has 9 heteroatoms. The van der Waals surface area contributed by atoms with Crippen LogP contribution in [0.2, 0.25) is 0 Å². The Labute approximate surface area is 115 Å². The van der Waals surface area contributed by atoms with Gasteiger partial charge in [0, 0.05) is 26.1 Å². The van der Waals surface area contributed by atoms with E-state index >= 15 is 0 Å². The number of nitrogens with zero attached hydrogens (tertiary/aromatic N) is 4. The van der Waals surface area contributed by atoms with Gasteiger partial charge >= 0.3 is 5.69 Å². The lowest BCUT2D eigenvalue weighted by molar-refractivity contribution is -0.383. The van der Waals surface area contributed by atoms with E-state index in [1.165, 1.54) is 6.33 Å². The van der Waals surface area contributed by atoms with Crippen LogP contribution in [0.25, 0.3) is 0 Å². The molecular formula is C11H16N6O3. The highest BCUT2D eigenvalue weighted by atomic mass is 16.6. The van der Waals surface area contributed by atoms with Gasteiger partial charge in [0.15, 0.2) is 0 Å². The number of carbonyl (C=O) groups is 1. The number of nitrogens with two attached hydrogens (primary N) is 1. The standard InChI is InChI=1S/C11H16N6O3/c1-13-11(18)7-2-4-16(5-3-7)10-8(17(19)20)9(12)14-6-15-10/h6-7H,2-5H2,1H3,(H,13,18)(H2,12,14,15). The molecule has 0 spiro atoms. The number of hydrogen-bond acceptors (Lipinski definition) is 7. The van der Waals surface area contributed by atoms with Gasteiger partial charge in [-0.05, 0) is 12.8 Å². The molecular weight excluding hydrogens is 264 g/mol. The summed E-state index contributed by atoms with van der Waals surface area (Å²) in [6.07, 6.45) is 2.46. The summed E-state index contributed by atoms with van der Waals surface area (Å²) in [6.45, 7) is 1.05. The van der Waals surface area contributed by atoms with Crippen molar-refractivity contribution in [2.24, 2.45) is 5.92 Å². The van der Waals surface area contributed by atoms with E-state index in [1.54, 1.807) is 11.9 Å². The number of nitrogen functional groups attached to an aromatic ring is 1. The third kappa shape index (κ3) is 2.60. The molecule has 108 valence electrons. The van der Waals surface area contributed by atoms with Crippen LogP contribution >= 0.6 is 0 Å². The number of hydrogen-bond donors (Lipinski definition) is 2. The van der Waals surface area contributed by atoms with Crippen molar-refractivity contribution in [2.75, 3.05) is 30.8 Å². The van der Waals surface area contributed by atoms with Crippen LogP contribution in [-0.2, 0) is 4.79 Å². The van der Waals surface area contributed by atoms with Crippen LogP contribution in [-0.4, -0.2) is 40.9 Å². The van der Waals surface area contributed by atoms with Crippen LogP contribution in [0, 0.1) is 16.0 Å². The topological polar surface area (TPSA) is 127 Å². The number of aromatic nitrogens is 2. The monoisotopic (exact) mass is 280 g/mol. The van der Waals surface area contributed by atoms with Crippen molar-refractivity contribution in [1.82, 2.24) is 15.3 Å². The fraction of sp³-hybridized carbons (Fsp3) is 0.545. The molecule has 2 heterocycles. The van der Waals surface area contributed by atoms with Crippen LogP contribution in [0.5, 0.6) is 0 Å². The smallest absolute Gasteiger partial charge is 0.353 e. The van der Waals surface area contributed by atoms with Crippen LogP contribution < -0.4 is 16.0 Å². The van der Waals surface area contributed by atoms with Crippen molar-refractivity contribution >= 4 is 23.2 Å². The third-order valence-corrected chi connectivity index (χ3v) is 3.43. The van der Waals surface area contributed by atoms with Gasteiger partial charge < -0.3 is 16.0 Å². The van der Waals surface area contributed by atoms with E-state index in [0.29, 0.717) is 25.9 Å². The fourth-order valence-corrected chi connectivity index (χ4v) is 2.35. The number of nitrogens with one attached hydrogen (secondary N) is 1. The van der Waals surface area contributed by atoms with Crippen LogP contribution in [0.4, 0.5) is 17.3 Å². The molecule has 0 aliphatic carbocycles. The molecule has 3 N–H and O–H groups in total. The maximum Gasteiger partial charge on any atom is 0.353 e. The first kappa shape index (κ1) is 14.0. The van der Waals surface area contributed by atoms with Crippen molar-refractivity contribution < 1.29 is 9.72 Å². The molecule has 0 saturated carbocycles. The summed E-state index contributed by atoms with van der Waals surface area (Å²) in [5.41, 5.74) is 5.27. The van der Waals surface area contributed by atoms with Crippen LogP contribution in [0.3, 0.4) is 0 Å². The molecule has 1 amide bonds. The summed E-state index contributed by atoms with van der Waals surface area (Å²) < 4.78 is 0. The number of anilines is 2. The molecule has 0 bridgehead atoms. The first-order chi connectivity index (χ1) is 9.54. The van der Waals surface area contributed by atoms with Crippen molar-refractivity contribution in [3.63, 3.8) is 0 Å². The SMILES string of the molecule is CNC(=O)C1CCN(c2ncnc(N)c2[N+](=O)[O-])CC1. The van der Waals surface area contributed by atoms with E-state index in [0.717, 1.165) is 0 Å². The van der Waals surface area contributed by atoms with Crippen molar-refractivity contribution in [3.05, 3.63) is 16.4 Å². The minimum atomic E-state index is -0.574. The van der Waals surface area contributed by atoms with Gasteiger partial charge in [0.1, 0.15) is 6.33 Å². The lowest BCUT2D eigenvalue weighted by Gasteiger charge is -2.31. The number of rotatable bonds is 3. The third-order valence-electron chi connectivity index (χ3n) is 3.43.